The van der Waals surface area contributed by atoms with Gasteiger partial charge in [0, 0.05) is 25.2 Å². The molecule has 4 aromatic rings. The molecule has 42 heavy (non-hydrogen) atoms. The van der Waals surface area contributed by atoms with E-state index in [4.69, 9.17) is 14.2 Å². The smallest absolute Gasteiger partial charge is 0.265 e. The summed E-state index contributed by atoms with van der Waals surface area (Å²) in [6.07, 6.45) is 4.34. The minimum atomic E-state index is -0.106. The molecular weight excluding hydrogens is 532 g/mol. The Morgan fingerprint density at radius 3 is 2.67 bits per heavy atom. The number of aromatic nitrogens is 2. The van der Waals surface area contributed by atoms with E-state index in [1.807, 2.05) is 60.5 Å². The molecule has 2 aliphatic rings. The lowest BCUT2D eigenvalue weighted by Crippen LogP contribution is -2.35. The standard InChI is InChI=1S/C33H32N4O5/c1-21(14-16-41-31-18-29-27(17-30(31)40-3)32(38)36-15-6-7-24(36)19-34-29)20-42-25-12-10-23(11-13-25)37-22(2)35-28-9-5-4-8-26(28)33(37)39/h4-5,8-13,17-19,24H,1,6-7,14-16,20H2,2-3H3/t24-/m0/s1. The zero-order valence-electron chi connectivity index (χ0n) is 23.7. The Bertz CT molecular complexity index is 1760. The number of carbonyl (C=O) groups is 1. The third kappa shape index (κ3) is 5.25. The molecule has 2 aliphatic heterocycles. The summed E-state index contributed by atoms with van der Waals surface area (Å²) in [5, 5.41) is 0.576. The Morgan fingerprint density at radius 1 is 1.05 bits per heavy atom. The van der Waals surface area contributed by atoms with E-state index in [1.54, 1.807) is 29.9 Å². The van der Waals surface area contributed by atoms with E-state index < -0.39 is 0 Å². The normalized spacial score (nSPS) is 15.7. The highest BCUT2D eigenvalue weighted by atomic mass is 16.5. The Morgan fingerprint density at radius 2 is 1.86 bits per heavy atom. The first-order valence-electron chi connectivity index (χ1n) is 14.0. The largest absolute Gasteiger partial charge is 0.493 e. The summed E-state index contributed by atoms with van der Waals surface area (Å²) in [7, 11) is 1.56. The van der Waals surface area contributed by atoms with Gasteiger partial charge in [0.1, 0.15) is 18.2 Å². The van der Waals surface area contributed by atoms with Crippen LogP contribution < -0.4 is 19.8 Å². The number of methoxy groups -OCH3 is 1. The minimum Gasteiger partial charge on any atom is -0.493 e. The fraction of sp³-hybridized carbons (Fsp3) is 0.273. The Balaban J connectivity index is 1.06. The average molecular weight is 565 g/mol. The van der Waals surface area contributed by atoms with Crippen LogP contribution in [-0.4, -0.2) is 59.5 Å². The number of amides is 1. The van der Waals surface area contributed by atoms with Crippen LogP contribution in [0.4, 0.5) is 5.69 Å². The number of carbonyl (C=O) groups excluding carboxylic acids is 1. The topological polar surface area (TPSA) is 95.2 Å². The lowest BCUT2D eigenvalue weighted by Gasteiger charge is -2.20. The van der Waals surface area contributed by atoms with Crippen molar-refractivity contribution in [1.82, 2.24) is 14.5 Å². The molecule has 1 amide bonds. The predicted molar refractivity (Wildman–Crippen MR) is 162 cm³/mol. The van der Waals surface area contributed by atoms with Crippen molar-refractivity contribution >= 4 is 28.7 Å². The summed E-state index contributed by atoms with van der Waals surface area (Å²) in [5.74, 6) is 2.28. The molecule has 1 aromatic heterocycles. The van der Waals surface area contributed by atoms with Gasteiger partial charge in [0.2, 0.25) is 0 Å². The van der Waals surface area contributed by atoms with Crippen LogP contribution in [0.5, 0.6) is 17.2 Å². The van der Waals surface area contributed by atoms with Gasteiger partial charge in [-0.05, 0) is 67.8 Å². The van der Waals surface area contributed by atoms with Crippen molar-refractivity contribution in [2.24, 2.45) is 4.99 Å². The molecule has 3 aromatic carbocycles. The molecule has 9 heteroatoms. The van der Waals surface area contributed by atoms with Gasteiger partial charge in [0.15, 0.2) is 11.5 Å². The number of hydrogen-bond donors (Lipinski definition) is 0. The number of aryl methyl sites for hydroxylation is 1. The van der Waals surface area contributed by atoms with Crippen LogP contribution in [0.2, 0.25) is 0 Å². The van der Waals surface area contributed by atoms with Gasteiger partial charge in [-0.25, -0.2) is 4.98 Å². The molecular formula is C33H32N4O5. The molecule has 0 aliphatic carbocycles. The Labute approximate surface area is 243 Å². The number of aliphatic imine (C=N–C) groups is 1. The monoisotopic (exact) mass is 564 g/mol. The molecule has 9 nitrogen and oxygen atoms in total. The van der Waals surface area contributed by atoms with Crippen molar-refractivity contribution in [3.63, 3.8) is 0 Å². The highest BCUT2D eigenvalue weighted by Gasteiger charge is 2.32. The molecule has 0 radical (unpaired) electrons. The zero-order chi connectivity index (χ0) is 29.2. The van der Waals surface area contributed by atoms with Crippen molar-refractivity contribution in [3.05, 3.63) is 94.6 Å². The van der Waals surface area contributed by atoms with E-state index in [9.17, 15) is 9.59 Å². The van der Waals surface area contributed by atoms with Crippen LogP contribution in [0, 0.1) is 6.92 Å². The van der Waals surface area contributed by atoms with Gasteiger partial charge in [-0.1, -0.05) is 18.7 Å². The van der Waals surface area contributed by atoms with E-state index in [0.29, 0.717) is 64.9 Å². The molecule has 6 rings (SSSR count). The number of ether oxygens (including phenoxy) is 3. The summed E-state index contributed by atoms with van der Waals surface area (Å²) in [5.41, 5.74) is 3.27. The summed E-state index contributed by atoms with van der Waals surface area (Å²) in [6, 6.07) is 18.2. The van der Waals surface area contributed by atoms with Crippen LogP contribution in [0.25, 0.3) is 16.6 Å². The van der Waals surface area contributed by atoms with Crippen LogP contribution in [0.15, 0.2) is 82.6 Å². The average Bonchev–Trinajstić information content (AvgIpc) is 3.43. The lowest BCUT2D eigenvalue weighted by atomic mass is 10.1. The van der Waals surface area contributed by atoms with E-state index in [2.05, 4.69) is 16.6 Å². The maximum atomic E-state index is 13.1. The second kappa shape index (κ2) is 11.5. The predicted octanol–water partition coefficient (Wildman–Crippen LogP) is 5.43. The first-order valence-corrected chi connectivity index (χ1v) is 14.0. The molecule has 1 fully saturated rings. The number of benzene rings is 3. The molecule has 3 heterocycles. The molecule has 0 bridgehead atoms. The zero-order valence-corrected chi connectivity index (χ0v) is 23.7. The molecule has 0 spiro atoms. The quantitative estimate of drug-likeness (QED) is 0.252. The highest BCUT2D eigenvalue weighted by molar-refractivity contribution is 6.03. The number of nitrogens with zero attached hydrogens (tertiary/aromatic N) is 4. The van der Waals surface area contributed by atoms with Gasteiger partial charge in [0.25, 0.3) is 11.5 Å². The highest BCUT2D eigenvalue weighted by Crippen LogP contribution is 2.38. The van der Waals surface area contributed by atoms with E-state index >= 15 is 0 Å². The van der Waals surface area contributed by atoms with Crippen molar-refractivity contribution in [2.75, 3.05) is 26.9 Å². The van der Waals surface area contributed by atoms with Gasteiger partial charge in [-0.15, -0.1) is 0 Å². The third-order valence-corrected chi connectivity index (χ3v) is 7.65. The third-order valence-electron chi connectivity index (χ3n) is 7.65. The van der Waals surface area contributed by atoms with Crippen molar-refractivity contribution in [1.29, 1.82) is 0 Å². The SMILES string of the molecule is C=C(CCOc1cc2c(cc1OC)C(=O)N1CCC[C@H]1C=N2)COc1ccc(-n2c(C)nc3ccccc3c2=O)cc1. The van der Waals surface area contributed by atoms with Gasteiger partial charge in [0.05, 0.1) is 47.6 Å². The maximum absolute atomic E-state index is 13.1. The molecule has 0 N–H and O–H groups in total. The fourth-order valence-corrected chi connectivity index (χ4v) is 5.42. The summed E-state index contributed by atoms with van der Waals surface area (Å²) < 4.78 is 19.1. The second-order valence-electron chi connectivity index (χ2n) is 10.5. The van der Waals surface area contributed by atoms with Crippen molar-refractivity contribution in [3.8, 4) is 22.9 Å². The van der Waals surface area contributed by atoms with Crippen molar-refractivity contribution < 1.29 is 19.0 Å². The first kappa shape index (κ1) is 27.3. The Kier molecular flexibility index (Phi) is 7.48. The van der Waals surface area contributed by atoms with Crippen LogP contribution in [0.1, 0.15) is 35.4 Å². The van der Waals surface area contributed by atoms with E-state index in [0.717, 1.165) is 30.6 Å². The first-order chi connectivity index (χ1) is 20.4. The van der Waals surface area contributed by atoms with Gasteiger partial charge in [-0.2, -0.15) is 0 Å². The lowest BCUT2D eigenvalue weighted by molar-refractivity contribution is 0.0774. The molecule has 0 saturated carbocycles. The summed E-state index contributed by atoms with van der Waals surface area (Å²) >= 11 is 0. The maximum Gasteiger partial charge on any atom is 0.265 e. The number of hydrogen-bond acceptors (Lipinski definition) is 7. The number of fused-ring (bicyclic) bond motifs is 3. The van der Waals surface area contributed by atoms with E-state index in [1.165, 1.54) is 0 Å². The van der Waals surface area contributed by atoms with E-state index in [-0.39, 0.29) is 17.5 Å². The number of para-hydroxylation sites is 1. The molecule has 1 saturated heterocycles. The second-order valence-corrected chi connectivity index (χ2v) is 10.5. The minimum absolute atomic E-state index is 0.0236. The fourth-order valence-electron chi connectivity index (χ4n) is 5.42. The van der Waals surface area contributed by atoms with Crippen LogP contribution in [0.3, 0.4) is 0 Å². The summed E-state index contributed by atoms with van der Waals surface area (Å²) in [6.45, 7) is 7.36. The van der Waals surface area contributed by atoms with Crippen LogP contribution in [-0.2, 0) is 0 Å². The number of rotatable bonds is 9. The van der Waals surface area contributed by atoms with Gasteiger partial charge < -0.3 is 19.1 Å². The molecule has 0 unspecified atom stereocenters. The van der Waals surface area contributed by atoms with Crippen molar-refractivity contribution in [2.45, 2.75) is 32.2 Å². The molecule has 1 atom stereocenters. The van der Waals surface area contributed by atoms with Crippen LogP contribution >= 0.6 is 0 Å². The molecule has 214 valence electrons. The Hall–Kier alpha value is -4.92. The summed E-state index contributed by atoms with van der Waals surface area (Å²) in [4.78, 5) is 37.2. The van der Waals surface area contributed by atoms with Gasteiger partial charge >= 0.3 is 0 Å². The van der Waals surface area contributed by atoms with Gasteiger partial charge in [-0.3, -0.25) is 19.1 Å².